The summed E-state index contributed by atoms with van der Waals surface area (Å²) in [5.74, 6) is -2.80. The van der Waals surface area contributed by atoms with Crippen molar-refractivity contribution in [2.75, 3.05) is 26.2 Å². The minimum Gasteiger partial charge on any atom is -0.550 e. The normalized spacial score (nSPS) is 11.8. The van der Waals surface area contributed by atoms with Gasteiger partial charge in [-0.15, -0.1) is 0 Å². The molecular formula is C25H45NO6. The molecule has 0 heterocycles. The van der Waals surface area contributed by atoms with Crippen molar-refractivity contribution in [3.8, 4) is 0 Å². The quantitative estimate of drug-likeness (QED) is 0.136. The molecule has 2 N–H and O–H groups in total. The van der Waals surface area contributed by atoms with E-state index >= 15 is 0 Å². The predicted octanol–water partition coefficient (Wildman–Crippen LogP) is 4.15. The highest BCUT2D eigenvalue weighted by atomic mass is 16.4. The molecule has 0 saturated heterocycles. The van der Waals surface area contributed by atoms with E-state index in [1.807, 2.05) is 0 Å². The highest BCUT2D eigenvalue weighted by molar-refractivity contribution is 5.66. The predicted molar refractivity (Wildman–Crippen MR) is 124 cm³/mol. The summed E-state index contributed by atoms with van der Waals surface area (Å²) in [5.41, 5.74) is 0. The molecule has 7 nitrogen and oxygen atoms in total. The number of hydrogen-bond donors (Lipinski definition) is 2. The van der Waals surface area contributed by atoms with Crippen LogP contribution in [0.4, 0.5) is 0 Å². The molecule has 0 fully saturated rings. The molecule has 0 aromatic carbocycles. The molecular weight excluding hydrogens is 410 g/mol. The lowest BCUT2D eigenvalue weighted by Crippen LogP contribution is -2.50. The molecule has 0 aliphatic carbocycles. The van der Waals surface area contributed by atoms with Crippen molar-refractivity contribution >= 4 is 17.9 Å². The zero-order valence-corrected chi connectivity index (χ0v) is 20.1. The maximum absolute atomic E-state index is 11.0. The van der Waals surface area contributed by atoms with Crippen molar-refractivity contribution < 1.29 is 34.2 Å². The van der Waals surface area contributed by atoms with Gasteiger partial charge in [0, 0.05) is 25.2 Å². The minimum atomic E-state index is -1.09. The van der Waals surface area contributed by atoms with Crippen molar-refractivity contribution in [3.63, 3.8) is 0 Å². The zero-order chi connectivity index (χ0) is 24.1. The number of aliphatic carboxylic acids is 3. The molecule has 0 saturated carbocycles. The topological polar surface area (TPSA) is 115 Å². The lowest BCUT2D eigenvalue weighted by molar-refractivity contribution is -0.923. The molecule has 7 heteroatoms. The fourth-order valence-electron chi connectivity index (χ4n) is 4.11. The Bertz CT molecular complexity index is 496. The third-order valence-corrected chi connectivity index (χ3v) is 5.94. The second-order valence-corrected chi connectivity index (χ2v) is 8.90. The van der Waals surface area contributed by atoms with E-state index in [0.29, 0.717) is 49.9 Å². The molecule has 186 valence electrons. The maximum Gasteiger partial charge on any atom is 0.303 e. The number of unbranched alkanes of at least 4 members (excludes halogenated alkanes) is 8. The highest BCUT2D eigenvalue weighted by Crippen LogP contribution is 2.16. The molecule has 0 spiro atoms. The molecule has 0 aliphatic heterocycles. The summed E-state index contributed by atoms with van der Waals surface area (Å²) < 4.78 is 0.530. The van der Waals surface area contributed by atoms with E-state index < -0.39 is 17.9 Å². The van der Waals surface area contributed by atoms with Gasteiger partial charge in [0.1, 0.15) is 0 Å². The van der Waals surface area contributed by atoms with Crippen LogP contribution < -0.4 is 5.11 Å². The van der Waals surface area contributed by atoms with Gasteiger partial charge in [-0.3, -0.25) is 9.59 Å². The smallest absolute Gasteiger partial charge is 0.303 e. The molecule has 0 atom stereocenters. The van der Waals surface area contributed by atoms with Gasteiger partial charge in [0.25, 0.3) is 0 Å². The number of rotatable bonds is 23. The zero-order valence-electron chi connectivity index (χ0n) is 20.1. The minimum absolute atomic E-state index is 0.0418. The van der Waals surface area contributed by atoms with Gasteiger partial charge in [0.05, 0.1) is 39.0 Å². The summed E-state index contributed by atoms with van der Waals surface area (Å²) in [4.78, 5) is 32.8. The molecule has 0 unspecified atom stereocenters. The van der Waals surface area contributed by atoms with Crippen LogP contribution in [0.3, 0.4) is 0 Å². The van der Waals surface area contributed by atoms with E-state index in [1.165, 1.54) is 44.9 Å². The van der Waals surface area contributed by atoms with Crippen LogP contribution in [-0.4, -0.2) is 58.8 Å². The Morgan fingerprint density at radius 1 is 0.688 bits per heavy atom. The van der Waals surface area contributed by atoms with E-state index in [2.05, 4.69) is 19.1 Å². The molecule has 0 aromatic heterocycles. The molecule has 32 heavy (non-hydrogen) atoms. The average molecular weight is 456 g/mol. The number of nitrogens with zero attached hydrogens (tertiary/aromatic N) is 1. The van der Waals surface area contributed by atoms with Crippen LogP contribution in [0.2, 0.25) is 0 Å². The number of carbonyl (C=O) groups excluding carboxylic acids is 1. The standard InChI is InChI=1S/C25H45NO6/c1-2-3-4-5-6-7-8-9-10-11-12-19-26(20-13-16-23(27)28,21-14-17-24(29)30)22-15-18-25(31)32/h11-12H,2-10,13-22H2,1H3,(H2-,27,28,29,30,31,32)/b12-11+. The van der Waals surface area contributed by atoms with Crippen LogP contribution >= 0.6 is 0 Å². The Hall–Kier alpha value is -1.89. The number of carboxylic acid groups (broad SMARTS) is 3. The van der Waals surface area contributed by atoms with Crippen LogP contribution in [0, 0.1) is 0 Å². The second-order valence-electron chi connectivity index (χ2n) is 8.90. The van der Waals surface area contributed by atoms with Gasteiger partial charge in [0.15, 0.2) is 0 Å². The Labute approximate surface area is 194 Å². The lowest BCUT2D eigenvalue weighted by atomic mass is 10.1. The number of carboxylic acids is 3. The van der Waals surface area contributed by atoms with Crippen LogP contribution in [0.5, 0.6) is 0 Å². The van der Waals surface area contributed by atoms with Crippen molar-refractivity contribution in [3.05, 3.63) is 12.2 Å². The van der Waals surface area contributed by atoms with Crippen LogP contribution in [0.1, 0.15) is 103 Å². The van der Waals surface area contributed by atoms with E-state index in [9.17, 15) is 19.5 Å². The Balaban J connectivity index is 4.69. The number of allylic oxidation sites excluding steroid dienone is 1. The summed E-state index contributed by atoms with van der Waals surface area (Å²) in [6.07, 6.45) is 16.9. The van der Waals surface area contributed by atoms with Gasteiger partial charge >= 0.3 is 11.9 Å². The maximum atomic E-state index is 11.0. The van der Waals surface area contributed by atoms with Gasteiger partial charge in [-0.1, -0.05) is 57.9 Å². The number of quaternary nitrogens is 1. The molecule has 0 rings (SSSR count). The summed E-state index contributed by atoms with van der Waals surface area (Å²) in [6.45, 7) is 4.67. The first kappa shape index (κ1) is 30.1. The number of carbonyl (C=O) groups is 3. The summed E-state index contributed by atoms with van der Waals surface area (Å²) in [7, 11) is 0. The van der Waals surface area contributed by atoms with E-state index in [-0.39, 0.29) is 19.3 Å². The van der Waals surface area contributed by atoms with Crippen molar-refractivity contribution in [2.24, 2.45) is 0 Å². The van der Waals surface area contributed by atoms with Gasteiger partial charge in [-0.25, -0.2) is 0 Å². The summed E-state index contributed by atoms with van der Waals surface area (Å²) >= 11 is 0. The SMILES string of the molecule is CCCCCCCCCC/C=C/C[N+](CCCC(=O)[O-])(CCCC(=O)O)CCCC(=O)O. The van der Waals surface area contributed by atoms with Gasteiger partial charge in [-0.05, 0) is 25.3 Å². The first-order chi connectivity index (χ1) is 15.3. The monoisotopic (exact) mass is 455 g/mol. The lowest BCUT2D eigenvalue weighted by Gasteiger charge is -2.38. The van der Waals surface area contributed by atoms with Crippen molar-refractivity contribution in [1.29, 1.82) is 0 Å². The van der Waals surface area contributed by atoms with Crippen LogP contribution in [-0.2, 0) is 14.4 Å². The first-order valence-corrected chi connectivity index (χ1v) is 12.4. The Kier molecular flexibility index (Phi) is 18.6. The van der Waals surface area contributed by atoms with Crippen LogP contribution in [0.15, 0.2) is 12.2 Å². The third kappa shape index (κ3) is 18.8. The fraction of sp³-hybridized carbons (Fsp3) is 0.800. The first-order valence-electron chi connectivity index (χ1n) is 12.4. The highest BCUT2D eigenvalue weighted by Gasteiger charge is 2.26. The summed E-state index contributed by atoms with van der Waals surface area (Å²) in [6, 6.07) is 0. The largest absolute Gasteiger partial charge is 0.550 e. The van der Waals surface area contributed by atoms with Gasteiger partial charge < -0.3 is 24.6 Å². The van der Waals surface area contributed by atoms with Gasteiger partial charge in [-0.2, -0.15) is 0 Å². The van der Waals surface area contributed by atoms with Crippen molar-refractivity contribution in [1.82, 2.24) is 0 Å². The van der Waals surface area contributed by atoms with Gasteiger partial charge in [0.2, 0.25) is 0 Å². The van der Waals surface area contributed by atoms with Crippen molar-refractivity contribution in [2.45, 2.75) is 103 Å². The van der Waals surface area contributed by atoms with E-state index in [4.69, 9.17) is 10.2 Å². The van der Waals surface area contributed by atoms with E-state index in [0.717, 1.165) is 12.8 Å². The summed E-state index contributed by atoms with van der Waals surface area (Å²) in [5, 5.41) is 28.9. The second kappa shape index (κ2) is 19.8. The third-order valence-electron chi connectivity index (χ3n) is 5.94. The molecule has 0 aromatic rings. The fourth-order valence-corrected chi connectivity index (χ4v) is 4.11. The number of hydrogen-bond acceptors (Lipinski definition) is 4. The molecule has 0 radical (unpaired) electrons. The molecule has 0 bridgehead atoms. The Morgan fingerprint density at radius 3 is 1.62 bits per heavy atom. The van der Waals surface area contributed by atoms with Crippen LogP contribution in [0.25, 0.3) is 0 Å². The Morgan fingerprint density at radius 2 is 1.16 bits per heavy atom. The van der Waals surface area contributed by atoms with E-state index in [1.54, 1.807) is 0 Å². The average Bonchev–Trinajstić information content (AvgIpc) is 2.71. The molecule has 0 amide bonds. The molecule has 0 aliphatic rings.